The Morgan fingerprint density at radius 2 is 1.48 bits per heavy atom. The normalized spacial score (nSPS) is 10.2. The Hall–Kier alpha value is -2.49. The zero-order valence-corrected chi connectivity index (χ0v) is 13.6. The molecule has 2 rings (SSSR count). The van der Waals surface area contributed by atoms with Gasteiger partial charge in [-0.2, -0.15) is 0 Å². The molecule has 122 valence electrons. The zero-order chi connectivity index (χ0) is 16.5. The second-order valence-corrected chi connectivity index (χ2v) is 4.86. The number of hydrogen-bond acceptors (Lipinski definition) is 4. The Morgan fingerprint density at radius 3 is 2.22 bits per heavy atom. The van der Waals surface area contributed by atoms with Crippen LogP contribution in [0.5, 0.6) is 11.5 Å². The maximum Gasteiger partial charge on any atom is 0.341 e. The van der Waals surface area contributed by atoms with Gasteiger partial charge >= 0.3 is 5.97 Å². The predicted molar refractivity (Wildman–Crippen MR) is 89.2 cm³/mol. The highest BCUT2D eigenvalue weighted by Gasteiger charge is 2.13. The highest BCUT2D eigenvalue weighted by Crippen LogP contribution is 2.21. The van der Waals surface area contributed by atoms with Crippen LogP contribution in [0.15, 0.2) is 48.5 Å². The molecule has 0 radical (unpaired) electrons. The Labute approximate surface area is 137 Å². The topological polar surface area (TPSA) is 44.8 Å². The maximum absolute atomic E-state index is 12.2. The number of carbonyl (C=O) groups is 1. The summed E-state index contributed by atoms with van der Waals surface area (Å²) in [4.78, 5) is 12.2. The van der Waals surface area contributed by atoms with Gasteiger partial charge in [-0.05, 0) is 37.6 Å². The minimum absolute atomic E-state index is 0.295. The molecule has 4 nitrogen and oxygen atoms in total. The summed E-state index contributed by atoms with van der Waals surface area (Å²) in [6.07, 6.45) is 0.610. The average molecular weight is 314 g/mol. The quantitative estimate of drug-likeness (QED) is 0.694. The highest BCUT2D eigenvalue weighted by molar-refractivity contribution is 5.92. The van der Waals surface area contributed by atoms with Gasteiger partial charge in [0, 0.05) is 6.42 Å². The van der Waals surface area contributed by atoms with Crippen molar-refractivity contribution in [3.63, 3.8) is 0 Å². The van der Waals surface area contributed by atoms with Gasteiger partial charge in [0.25, 0.3) is 0 Å². The second kappa shape index (κ2) is 8.83. The molecule has 0 aromatic heterocycles. The Morgan fingerprint density at radius 1 is 0.870 bits per heavy atom. The van der Waals surface area contributed by atoms with E-state index in [0.29, 0.717) is 37.6 Å². The third-order valence-corrected chi connectivity index (χ3v) is 3.28. The van der Waals surface area contributed by atoms with E-state index in [2.05, 4.69) is 0 Å². The van der Waals surface area contributed by atoms with Crippen molar-refractivity contribution in [2.24, 2.45) is 0 Å². The molecule has 0 bridgehead atoms. The van der Waals surface area contributed by atoms with Crippen molar-refractivity contribution in [1.29, 1.82) is 0 Å². The first kappa shape index (κ1) is 16.9. The summed E-state index contributed by atoms with van der Waals surface area (Å²) >= 11 is 0. The van der Waals surface area contributed by atoms with Crippen molar-refractivity contribution in [3.8, 4) is 11.5 Å². The average Bonchev–Trinajstić information content (AvgIpc) is 2.57. The molecule has 0 amide bonds. The summed E-state index contributed by atoms with van der Waals surface area (Å²) in [5, 5.41) is 0. The lowest BCUT2D eigenvalue weighted by atomic mass is 10.1. The van der Waals surface area contributed by atoms with Crippen molar-refractivity contribution < 1.29 is 19.0 Å². The highest BCUT2D eigenvalue weighted by atomic mass is 16.5. The molecule has 0 saturated heterocycles. The molecule has 0 aliphatic rings. The molecule has 0 unspecified atom stereocenters. The Bertz CT molecular complexity index is 637. The summed E-state index contributed by atoms with van der Waals surface area (Å²) in [5.41, 5.74) is 1.48. The van der Waals surface area contributed by atoms with Gasteiger partial charge in [0.2, 0.25) is 0 Å². The van der Waals surface area contributed by atoms with Crippen LogP contribution in [-0.2, 0) is 11.2 Å². The molecule has 0 fully saturated rings. The standard InChI is InChI=1S/C19H22O4/c1-3-21-17-11-7-5-9-15(17)13-14-23-19(20)16-10-6-8-12-18(16)22-4-2/h5-12H,3-4,13-14H2,1-2H3. The second-order valence-electron chi connectivity index (χ2n) is 4.86. The molecule has 0 heterocycles. The summed E-state index contributed by atoms with van der Waals surface area (Å²) in [5.74, 6) is 1.01. The van der Waals surface area contributed by atoms with E-state index in [-0.39, 0.29) is 5.97 Å². The molecule has 0 atom stereocenters. The van der Waals surface area contributed by atoms with Gasteiger partial charge in [0.05, 0.1) is 19.8 Å². The minimum Gasteiger partial charge on any atom is -0.494 e. The van der Waals surface area contributed by atoms with Crippen LogP contribution in [0.25, 0.3) is 0 Å². The van der Waals surface area contributed by atoms with Crippen LogP contribution in [0.1, 0.15) is 29.8 Å². The van der Waals surface area contributed by atoms with Crippen LogP contribution in [0, 0.1) is 0 Å². The number of ether oxygens (including phenoxy) is 3. The van der Waals surface area contributed by atoms with E-state index in [9.17, 15) is 4.79 Å². The largest absolute Gasteiger partial charge is 0.494 e. The lowest BCUT2D eigenvalue weighted by Crippen LogP contribution is -2.10. The van der Waals surface area contributed by atoms with E-state index in [4.69, 9.17) is 14.2 Å². The van der Waals surface area contributed by atoms with E-state index < -0.39 is 0 Å². The molecule has 23 heavy (non-hydrogen) atoms. The smallest absolute Gasteiger partial charge is 0.341 e. The van der Waals surface area contributed by atoms with E-state index in [1.165, 1.54) is 0 Å². The fourth-order valence-electron chi connectivity index (χ4n) is 2.25. The Balaban J connectivity index is 1.95. The van der Waals surface area contributed by atoms with Gasteiger partial charge in [-0.3, -0.25) is 0 Å². The first-order chi connectivity index (χ1) is 11.3. The van der Waals surface area contributed by atoms with Crippen molar-refractivity contribution in [1.82, 2.24) is 0 Å². The fourth-order valence-corrected chi connectivity index (χ4v) is 2.25. The fraction of sp³-hybridized carbons (Fsp3) is 0.316. The molecular formula is C19H22O4. The Kier molecular flexibility index (Phi) is 6.48. The summed E-state index contributed by atoms with van der Waals surface area (Å²) < 4.78 is 16.4. The minimum atomic E-state index is -0.372. The predicted octanol–water partition coefficient (Wildman–Crippen LogP) is 3.88. The summed E-state index contributed by atoms with van der Waals surface area (Å²) in [7, 11) is 0. The number of rotatable bonds is 8. The van der Waals surface area contributed by atoms with Gasteiger partial charge in [0.1, 0.15) is 17.1 Å². The molecule has 0 spiro atoms. The number of hydrogen-bond donors (Lipinski definition) is 0. The van der Waals surface area contributed by atoms with Crippen molar-refractivity contribution in [2.45, 2.75) is 20.3 Å². The van der Waals surface area contributed by atoms with E-state index >= 15 is 0 Å². The molecule has 2 aromatic rings. The van der Waals surface area contributed by atoms with Crippen LogP contribution in [0.2, 0.25) is 0 Å². The van der Waals surface area contributed by atoms with Gasteiger partial charge < -0.3 is 14.2 Å². The van der Waals surface area contributed by atoms with Crippen LogP contribution >= 0.6 is 0 Å². The number of esters is 1. The van der Waals surface area contributed by atoms with E-state index in [0.717, 1.165) is 11.3 Å². The third kappa shape index (κ3) is 4.74. The van der Waals surface area contributed by atoms with Gasteiger partial charge in [-0.15, -0.1) is 0 Å². The lowest BCUT2D eigenvalue weighted by molar-refractivity contribution is 0.0504. The maximum atomic E-state index is 12.2. The SMILES string of the molecule is CCOc1ccccc1CCOC(=O)c1ccccc1OCC. The molecule has 0 aliphatic carbocycles. The third-order valence-electron chi connectivity index (χ3n) is 3.28. The number of para-hydroxylation sites is 2. The molecule has 2 aromatic carbocycles. The number of carbonyl (C=O) groups excluding carboxylic acids is 1. The molecule has 0 saturated carbocycles. The summed E-state index contributed by atoms with van der Waals surface area (Å²) in [6.45, 7) is 5.24. The number of benzene rings is 2. The molecule has 0 N–H and O–H groups in total. The van der Waals surface area contributed by atoms with Crippen molar-refractivity contribution in [2.75, 3.05) is 19.8 Å². The monoisotopic (exact) mass is 314 g/mol. The molecule has 4 heteroatoms. The van der Waals surface area contributed by atoms with Gasteiger partial charge in [-0.1, -0.05) is 30.3 Å². The van der Waals surface area contributed by atoms with Crippen molar-refractivity contribution >= 4 is 5.97 Å². The van der Waals surface area contributed by atoms with Gasteiger partial charge in [0.15, 0.2) is 0 Å². The summed E-state index contributed by atoms with van der Waals surface area (Å²) in [6, 6.07) is 14.9. The molecule has 0 aliphatic heterocycles. The lowest BCUT2D eigenvalue weighted by Gasteiger charge is -2.11. The van der Waals surface area contributed by atoms with Crippen molar-refractivity contribution in [3.05, 3.63) is 59.7 Å². The van der Waals surface area contributed by atoms with Crippen LogP contribution in [-0.4, -0.2) is 25.8 Å². The van der Waals surface area contributed by atoms with Crippen LogP contribution in [0.4, 0.5) is 0 Å². The first-order valence-electron chi connectivity index (χ1n) is 7.85. The van der Waals surface area contributed by atoms with Crippen LogP contribution < -0.4 is 9.47 Å². The van der Waals surface area contributed by atoms with E-state index in [1.807, 2.05) is 44.2 Å². The van der Waals surface area contributed by atoms with E-state index in [1.54, 1.807) is 18.2 Å². The van der Waals surface area contributed by atoms with Gasteiger partial charge in [-0.25, -0.2) is 4.79 Å². The zero-order valence-electron chi connectivity index (χ0n) is 13.6. The molecular weight excluding hydrogens is 292 g/mol. The van der Waals surface area contributed by atoms with Crippen LogP contribution in [0.3, 0.4) is 0 Å². The first-order valence-corrected chi connectivity index (χ1v) is 7.85.